The Balaban J connectivity index is 1.92. The Hall–Kier alpha value is -1.82. The summed E-state index contributed by atoms with van der Waals surface area (Å²) in [7, 11) is -3.29. The highest BCUT2D eigenvalue weighted by molar-refractivity contribution is 7.92. The molecule has 2 rings (SSSR count). The van der Waals surface area contributed by atoms with Gasteiger partial charge in [0.15, 0.2) is 0 Å². The molecule has 1 aromatic rings. The van der Waals surface area contributed by atoms with E-state index in [1.165, 1.54) is 18.4 Å². The minimum absolute atomic E-state index is 0.0182. The van der Waals surface area contributed by atoms with Gasteiger partial charge < -0.3 is 5.32 Å². The molecule has 0 spiro atoms. The van der Waals surface area contributed by atoms with E-state index in [1.54, 1.807) is 31.2 Å². The van der Waals surface area contributed by atoms with E-state index in [0.29, 0.717) is 17.8 Å². The third kappa shape index (κ3) is 4.87. The Morgan fingerprint density at radius 1 is 1.18 bits per heavy atom. The van der Waals surface area contributed by atoms with E-state index >= 15 is 0 Å². The molecule has 0 fully saturated rings. The predicted molar refractivity (Wildman–Crippen MR) is 88.4 cm³/mol. The van der Waals surface area contributed by atoms with Gasteiger partial charge in [-0.2, -0.15) is 0 Å². The summed E-state index contributed by atoms with van der Waals surface area (Å²) in [5, 5.41) is 2.90. The van der Waals surface area contributed by atoms with Crippen LogP contribution in [0.15, 0.2) is 35.9 Å². The summed E-state index contributed by atoms with van der Waals surface area (Å²) in [5.41, 5.74) is 2.27. The standard InChI is InChI=1S/C16H22N2O3S/c1-2-22(20,21)18-15-10-8-14(9-11-15)16(19)17-12-13-6-4-3-5-7-13/h6,8-11,18H,2-5,7,12H2,1H3,(H,17,19). The van der Waals surface area contributed by atoms with Crippen molar-refractivity contribution in [2.75, 3.05) is 17.0 Å². The molecule has 6 heteroatoms. The maximum absolute atomic E-state index is 12.1. The molecular formula is C16H22N2O3S. The van der Waals surface area contributed by atoms with Crippen LogP contribution >= 0.6 is 0 Å². The second kappa shape index (κ2) is 7.45. The van der Waals surface area contributed by atoms with Crippen molar-refractivity contribution >= 4 is 21.6 Å². The molecule has 0 radical (unpaired) electrons. The summed E-state index contributed by atoms with van der Waals surface area (Å²) < 4.78 is 25.4. The average molecular weight is 322 g/mol. The molecule has 22 heavy (non-hydrogen) atoms. The molecule has 0 aliphatic heterocycles. The molecule has 0 aromatic heterocycles. The molecule has 2 N–H and O–H groups in total. The number of carbonyl (C=O) groups is 1. The van der Waals surface area contributed by atoms with Crippen LogP contribution in [0.2, 0.25) is 0 Å². The summed E-state index contributed by atoms with van der Waals surface area (Å²) in [6.07, 6.45) is 6.77. The molecule has 0 heterocycles. The molecule has 0 atom stereocenters. The third-order valence-corrected chi connectivity index (χ3v) is 4.97. The second-order valence-corrected chi connectivity index (χ2v) is 7.38. The Labute approximate surface area is 131 Å². The van der Waals surface area contributed by atoms with Gasteiger partial charge in [0.2, 0.25) is 10.0 Å². The SMILES string of the molecule is CCS(=O)(=O)Nc1ccc(C(=O)NCC2=CCCCC2)cc1. The van der Waals surface area contributed by atoms with Crippen LogP contribution < -0.4 is 10.0 Å². The van der Waals surface area contributed by atoms with Crippen LogP contribution in [0.5, 0.6) is 0 Å². The lowest BCUT2D eigenvalue weighted by Crippen LogP contribution is -2.26. The van der Waals surface area contributed by atoms with E-state index in [4.69, 9.17) is 0 Å². The molecule has 1 aliphatic rings. The number of anilines is 1. The monoisotopic (exact) mass is 322 g/mol. The van der Waals surface area contributed by atoms with Crippen molar-refractivity contribution in [3.63, 3.8) is 0 Å². The molecule has 0 saturated carbocycles. The van der Waals surface area contributed by atoms with E-state index in [1.807, 2.05) is 0 Å². The maximum atomic E-state index is 12.1. The lowest BCUT2D eigenvalue weighted by molar-refractivity contribution is 0.0956. The average Bonchev–Trinajstić information content (AvgIpc) is 2.54. The van der Waals surface area contributed by atoms with Gasteiger partial charge in [0.05, 0.1) is 5.75 Å². The zero-order valence-electron chi connectivity index (χ0n) is 12.8. The van der Waals surface area contributed by atoms with Crippen LogP contribution in [0, 0.1) is 0 Å². The van der Waals surface area contributed by atoms with Crippen LogP contribution in [0.25, 0.3) is 0 Å². The molecule has 1 amide bonds. The number of hydrogen-bond acceptors (Lipinski definition) is 3. The van der Waals surface area contributed by atoms with E-state index in [2.05, 4.69) is 16.1 Å². The van der Waals surface area contributed by atoms with Crippen molar-refractivity contribution in [1.29, 1.82) is 0 Å². The van der Waals surface area contributed by atoms with Crippen molar-refractivity contribution in [3.05, 3.63) is 41.5 Å². The van der Waals surface area contributed by atoms with Crippen LogP contribution in [0.1, 0.15) is 43.0 Å². The Bertz CT molecular complexity index is 648. The van der Waals surface area contributed by atoms with Gasteiger partial charge in [-0.3, -0.25) is 9.52 Å². The number of rotatable bonds is 6. The summed E-state index contributed by atoms with van der Waals surface area (Å²) in [4.78, 5) is 12.1. The van der Waals surface area contributed by atoms with Crippen LogP contribution in [0.3, 0.4) is 0 Å². The van der Waals surface area contributed by atoms with Gasteiger partial charge in [0, 0.05) is 17.8 Å². The van der Waals surface area contributed by atoms with Crippen LogP contribution in [-0.4, -0.2) is 26.6 Å². The summed E-state index contributed by atoms with van der Waals surface area (Å²) >= 11 is 0. The topological polar surface area (TPSA) is 75.3 Å². The number of carbonyl (C=O) groups excluding carboxylic acids is 1. The van der Waals surface area contributed by atoms with Crippen molar-refractivity contribution in [2.45, 2.75) is 32.6 Å². The maximum Gasteiger partial charge on any atom is 0.251 e. The van der Waals surface area contributed by atoms with Gasteiger partial charge in [-0.15, -0.1) is 0 Å². The van der Waals surface area contributed by atoms with Crippen molar-refractivity contribution in [3.8, 4) is 0 Å². The summed E-state index contributed by atoms with van der Waals surface area (Å²) in [5.74, 6) is -0.124. The number of nitrogens with one attached hydrogen (secondary N) is 2. The highest BCUT2D eigenvalue weighted by Crippen LogP contribution is 2.16. The number of hydrogen-bond donors (Lipinski definition) is 2. The first kappa shape index (κ1) is 16.5. The van der Waals surface area contributed by atoms with E-state index in [0.717, 1.165) is 12.8 Å². The van der Waals surface area contributed by atoms with Gasteiger partial charge >= 0.3 is 0 Å². The number of sulfonamides is 1. The zero-order valence-corrected chi connectivity index (χ0v) is 13.6. The van der Waals surface area contributed by atoms with Crippen molar-refractivity contribution < 1.29 is 13.2 Å². The third-order valence-electron chi connectivity index (χ3n) is 3.66. The normalized spacial score (nSPS) is 15.0. The summed E-state index contributed by atoms with van der Waals surface area (Å²) in [6.45, 7) is 2.16. The van der Waals surface area contributed by atoms with Crippen molar-refractivity contribution in [2.24, 2.45) is 0 Å². The fourth-order valence-electron chi connectivity index (χ4n) is 2.30. The van der Waals surface area contributed by atoms with E-state index < -0.39 is 10.0 Å². The minimum atomic E-state index is -3.29. The molecule has 120 valence electrons. The van der Waals surface area contributed by atoms with Gasteiger partial charge in [-0.1, -0.05) is 11.6 Å². The fraction of sp³-hybridized carbons (Fsp3) is 0.438. The molecule has 1 aliphatic carbocycles. The Kier molecular flexibility index (Phi) is 5.60. The first-order valence-electron chi connectivity index (χ1n) is 7.57. The van der Waals surface area contributed by atoms with Crippen LogP contribution in [-0.2, 0) is 10.0 Å². The minimum Gasteiger partial charge on any atom is -0.348 e. The Morgan fingerprint density at radius 2 is 1.91 bits per heavy atom. The molecular weight excluding hydrogens is 300 g/mol. The van der Waals surface area contributed by atoms with Gasteiger partial charge in [0.1, 0.15) is 0 Å². The highest BCUT2D eigenvalue weighted by Gasteiger charge is 2.10. The fourth-order valence-corrected chi connectivity index (χ4v) is 2.94. The van der Waals surface area contributed by atoms with Gasteiger partial charge in [-0.25, -0.2) is 8.42 Å². The number of allylic oxidation sites excluding steroid dienone is 1. The lowest BCUT2D eigenvalue weighted by atomic mass is 9.99. The molecule has 5 nitrogen and oxygen atoms in total. The molecule has 1 aromatic carbocycles. The van der Waals surface area contributed by atoms with Gasteiger partial charge in [-0.05, 0) is 56.9 Å². The number of amides is 1. The smallest absolute Gasteiger partial charge is 0.251 e. The van der Waals surface area contributed by atoms with Gasteiger partial charge in [0.25, 0.3) is 5.91 Å². The zero-order chi connectivity index (χ0) is 16.0. The lowest BCUT2D eigenvalue weighted by Gasteiger charge is -2.13. The molecule has 0 unspecified atom stereocenters. The molecule has 0 saturated heterocycles. The van der Waals surface area contributed by atoms with E-state index in [9.17, 15) is 13.2 Å². The highest BCUT2D eigenvalue weighted by atomic mass is 32.2. The second-order valence-electron chi connectivity index (χ2n) is 5.37. The Morgan fingerprint density at radius 3 is 2.50 bits per heavy atom. The largest absolute Gasteiger partial charge is 0.348 e. The quantitative estimate of drug-likeness (QED) is 0.791. The van der Waals surface area contributed by atoms with E-state index in [-0.39, 0.29) is 11.7 Å². The first-order chi connectivity index (χ1) is 10.5. The molecule has 0 bridgehead atoms. The number of benzene rings is 1. The predicted octanol–water partition coefficient (Wildman–Crippen LogP) is 2.68. The first-order valence-corrected chi connectivity index (χ1v) is 9.22. The summed E-state index contributed by atoms with van der Waals surface area (Å²) in [6, 6.07) is 6.44. The van der Waals surface area contributed by atoms with Crippen molar-refractivity contribution in [1.82, 2.24) is 5.32 Å². The van der Waals surface area contributed by atoms with Crippen LogP contribution in [0.4, 0.5) is 5.69 Å².